The first-order valence-electron chi connectivity index (χ1n) is 8.26. The first kappa shape index (κ1) is 19.9. The summed E-state index contributed by atoms with van der Waals surface area (Å²) >= 11 is 0. The second kappa shape index (κ2) is 9.36. The number of hydrogen-bond donors (Lipinski definition) is 1. The Hall–Kier alpha value is -3.37. The Bertz CT molecular complexity index is 857. The number of anilines is 1. The highest BCUT2D eigenvalue weighted by Crippen LogP contribution is 2.28. The maximum absolute atomic E-state index is 12.4. The molecule has 0 aliphatic heterocycles. The van der Waals surface area contributed by atoms with Crippen LogP contribution in [0, 0.1) is 29.4 Å². The van der Waals surface area contributed by atoms with Crippen LogP contribution < -0.4 is 10.1 Å². The van der Waals surface area contributed by atoms with Crippen molar-refractivity contribution in [3.05, 3.63) is 63.7 Å². The fourth-order valence-corrected chi connectivity index (χ4v) is 2.54. The molecule has 7 heteroatoms. The van der Waals surface area contributed by atoms with Gasteiger partial charge in [-0.3, -0.25) is 19.8 Å². The number of amides is 1. The molecule has 140 valence electrons. The minimum absolute atomic E-state index is 0.0816. The van der Waals surface area contributed by atoms with Crippen LogP contribution in [0.3, 0.4) is 0 Å². The number of nitrogens with one attached hydrogen (secondary N) is 1. The number of carbonyl (C=O) groups is 1. The minimum Gasteiger partial charge on any atom is -0.494 e. The van der Waals surface area contributed by atoms with E-state index in [2.05, 4.69) is 11.2 Å². The Kier molecular flexibility index (Phi) is 6.92. The molecule has 1 N–H and O–H groups in total. The van der Waals surface area contributed by atoms with Crippen LogP contribution in [-0.4, -0.2) is 35.9 Å². The SMILES string of the molecule is C#CCN(CC(=O)Nc1ccc([N+](=O)[O-])cc1OC)Cc1ccc(C)cc1. The Morgan fingerprint density at radius 2 is 2.00 bits per heavy atom. The van der Waals surface area contributed by atoms with Gasteiger partial charge in [-0.1, -0.05) is 35.7 Å². The number of carbonyl (C=O) groups excluding carboxylic acids is 1. The summed E-state index contributed by atoms with van der Waals surface area (Å²) in [7, 11) is 1.39. The van der Waals surface area contributed by atoms with Crippen molar-refractivity contribution in [1.82, 2.24) is 4.90 Å². The third-order valence-electron chi connectivity index (χ3n) is 3.88. The smallest absolute Gasteiger partial charge is 0.273 e. The molecule has 0 aromatic heterocycles. The van der Waals surface area contributed by atoms with Gasteiger partial charge in [0.25, 0.3) is 5.69 Å². The Balaban J connectivity index is 2.06. The summed E-state index contributed by atoms with van der Waals surface area (Å²) in [5.41, 5.74) is 2.46. The van der Waals surface area contributed by atoms with Gasteiger partial charge in [-0.05, 0) is 18.6 Å². The zero-order valence-corrected chi connectivity index (χ0v) is 15.3. The number of benzene rings is 2. The lowest BCUT2D eigenvalue weighted by molar-refractivity contribution is -0.384. The number of non-ortho nitro benzene ring substituents is 1. The van der Waals surface area contributed by atoms with Crippen LogP contribution in [0.5, 0.6) is 5.75 Å². The molecule has 2 aromatic rings. The van der Waals surface area contributed by atoms with Crippen LogP contribution in [0.2, 0.25) is 0 Å². The van der Waals surface area contributed by atoms with E-state index in [1.54, 1.807) is 0 Å². The van der Waals surface area contributed by atoms with Crippen molar-refractivity contribution in [3.8, 4) is 18.1 Å². The van der Waals surface area contributed by atoms with E-state index in [-0.39, 0.29) is 23.9 Å². The average Bonchev–Trinajstić information content (AvgIpc) is 2.63. The third kappa shape index (κ3) is 5.83. The lowest BCUT2D eigenvalue weighted by Gasteiger charge is -2.20. The Labute approximate surface area is 158 Å². The third-order valence-corrected chi connectivity index (χ3v) is 3.88. The van der Waals surface area contributed by atoms with Gasteiger partial charge in [0.2, 0.25) is 5.91 Å². The van der Waals surface area contributed by atoms with Gasteiger partial charge < -0.3 is 10.1 Å². The lowest BCUT2D eigenvalue weighted by atomic mass is 10.1. The molecule has 1 amide bonds. The second-order valence-electron chi connectivity index (χ2n) is 6.02. The summed E-state index contributed by atoms with van der Waals surface area (Å²) < 4.78 is 5.13. The molecule has 27 heavy (non-hydrogen) atoms. The van der Waals surface area contributed by atoms with Gasteiger partial charge in [0, 0.05) is 12.6 Å². The number of hydrogen-bond acceptors (Lipinski definition) is 5. The minimum atomic E-state index is -0.523. The molecule has 2 rings (SSSR count). The van der Waals surface area contributed by atoms with Crippen molar-refractivity contribution in [2.45, 2.75) is 13.5 Å². The van der Waals surface area contributed by atoms with Gasteiger partial charge >= 0.3 is 0 Å². The van der Waals surface area contributed by atoms with E-state index >= 15 is 0 Å². The molecule has 7 nitrogen and oxygen atoms in total. The second-order valence-corrected chi connectivity index (χ2v) is 6.02. The van der Waals surface area contributed by atoms with E-state index in [0.717, 1.165) is 11.1 Å². The molecule has 2 aromatic carbocycles. The first-order valence-corrected chi connectivity index (χ1v) is 8.26. The number of aryl methyl sites for hydroxylation is 1. The maximum atomic E-state index is 12.4. The Morgan fingerprint density at radius 1 is 1.30 bits per heavy atom. The summed E-state index contributed by atoms with van der Waals surface area (Å²) in [6.45, 7) is 2.94. The first-order chi connectivity index (χ1) is 12.9. The fraction of sp³-hybridized carbons (Fsp3) is 0.250. The number of nitro groups is 1. The van der Waals surface area contributed by atoms with Crippen molar-refractivity contribution in [2.24, 2.45) is 0 Å². The number of nitro benzene ring substituents is 1. The molecule has 0 bridgehead atoms. The van der Waals surface area contributed by atoms with Crippen LogP contribution in [0.1, 0.15) is 11.1 Å². The molecular formula is C20H21N3O4. The van der Waals surface area contributed by atoms with E-state index in [1.807, 2.05) is 36.1 Å². The van der Waals surface area contributed by atoms with Gasteiger partial charge in [0.05, 0.1) is 36.9 Å². The summed E-state index contributed by atoms with van der Waals surface area (Å²) in [6, 6.07) is 12.0. The zero-order valence-electron chi connectivity index (χ0n) is 15.3. The number of methoxy groups -OCH3 is 1. The predicted molar refractivity (Wildman–Crippen MR) is 104 cm³/mol. The summed E-state index contributed by atoms with van der Waals surface area (Å²) in [6.07, 6.45) is 5.42. The van der Waals surface area contributed by atoms with Crippen molar-refractivity contribution < 1.29 is 14.5 Å². The molecule has 0 saturated heterocycles. The van der Waals surface area contributed by atoms with Crippen LogP contribution >= 0.6 is 0 Å². The molecule has 0 spiro atoms. The van der Waals surface area contributed by atoms with Gasteiger partial charge in [-0.25, -0.2) is 0 Å². The normalized spacial score (nSPS) is 10.3. The highest BCUT2D eigenvalue weighted by Gasteiger charge is 2.15. The van der Waals surface area contributed by atoms with E-state index in [9.17, 15) is 14.9 Å². The fourth-order valence-electron chi connectivity index (χ4n) is 2.54. The standard InChI is InChI=1S/C20H21N3O4/c1-4-11-22(13-16-7-5-15(2)6-8-16)14-20(24)21-18-10-9-17(23(25)26)12-19(18)27-3/h1,5-10,12H,11,13-14H2,2-3H3,(H,21,24). The van der Waals surface area contributed by atoms with Gasteiger partial charge in [-0.2, -0.15) is 0 Å². The molecule has 0 unspecified atom stereocenters. The molecule has 0 saturated carbocycles. The molecule has 0 atom stereocenters. The molecule has 0 aliphatic carbocycles. The molecule has 0 heterocycles. The van der Waals surface area contributed by atoms with Crippen LogP contribution in [0.15, 0.2) is 42.5 Å². The molecule has 0 fully saturated rings. The number of nitrogens with zero attached hydrogens (tertiary/aromatic N) is 2. The summed E-state index contributed by atoms with van der Waals surface area (Å²) in [5, 5.41) is 13.6. The number of terminal acetylenes is 1. The van der Waals surface area contributed by atoms with Crippen LogP contribution in [-0.2, 0) is 11.3 Å². The Morgan fingerprint density at radius 3 is 2.59 bits per heavy atom. The topological polar surface area (TPSA) is 84.7 Å². The molecule has 0 aliphatic rings. The maximum Gasteiger partial charge on any atom is 0.273 e. The van der Waals surface area contributed by atoms with Gasteiger partial charge in [-0.15, -0.1) is 6.42 Å². The van der Waals surface area contributed by atoms with E-state index < -0.39 is 4.92 Å². The quantitative estimate of drug-likeness (QED) is 0.440. The van der Waals surface area contributed by atoms with Crippen LogP contribution in [0.4, 0.5) is 11.4 Å². The summed E-state index contributed by atoms with van der Waals surface area (Å²) in [4.78, 5) is 24.6. The largest absolute Gasteiger partial charge is 0.494 e. The zero-order chi connectivity index (χ0) is 19.8. The highest BCUT2D eigenvalue weighted by atomic mass is 16.6. The van der Waals surface area contributed by atoms with Crippen molar-refractivity contribution >= 4 is 17.3 Å². The van der Waals surface area contributed by atoms with Crippen LogP contribution in [0.25, 0.3) is 0 Å². The number of rotatable bonds is 8. The van der Waals surface area contributed by atoms with Gasteiger partial charge in [0.15, 0.2) is 0 Å². The molecule has 0 radical (unpaired) electrons. The van der Waals surface area contributed by atoms with Gasteiger partial charge in [0.1, 0.15) is 5.75 Å². The predicted octanol–water partition coefficient (Wildman–Crippen LogP) is 2.99. The van der Waals surface area contributed by atoms with Crippen molar-refractivity contribution in [1.29, 1.82) is 0 Å². The van der Waals surface area contributed by atoms with Crippen molar-refractivity contribution in [3.63, 3.8) is 0 Å². The number of ether oxygens (including phenoxy) is 1. The van der Waals surface area contributed by atoms with Crippen molar-refractivity contribution in [2.75, 3.05) is 25.5 Å². The lowest BCUT2D eigenvalue weighted by Crippen LogP contribution is -2.33. The monoisotopic (exact) mass is 367 g/mol. The molecular weight excluding hydrogens is 346 g/mol. The van der Waals surface area contributed by atoms with E-state index in [1.165, 1.54) is 25.3 Å². The van der Waals surface area contributed by atoms with E-state index in [0.29, 0.717) is 18.8 Å². The van der Waals surface area contributed by atoms with E-state index in [4.69, 9.17) is 11.2 Å². The highest BCUT2D eigenvalue weighted by molar-refractivity contribution is 5.94. The summed E-state index contributed by atoms with van der Waals surface area (Å²) in [5.74, 6) is 2.49. The average molecular weight is 367 g/mol.